The molecule has 1 aliphatic heterocycles. The van der Waals surface area contributed by atoms with E-state index >= 15 is 0 Å². The van der Waals surface area contributed by atoms with Crippen LogP contribution in [0.1, 0.15) is 44.9 Å². The first-order valence-corrected chi connectivity index (χ1v) is 12.1. The first-order chi connectivity index (χ1) is 16.1. The topological polar surface area (TPSA) is 98.9 Å². The lowest BCUT2D eigenvalue weighted by molar-refractivity contribution is -0.136. The van der Waals surface area contributed by atoms with Crippen molar-refractivity contribution >= 4 is 17.1 Å². The van der Waals surface area contributed by atoms with Gasteiger partial charge in [-0.3, -0.25) is 4.79 Å². The summed E-state index contributed by atoms with van der Waals surface area (Å²) < 4.78 is 8.33. The number of likely N-dealkylation sites (tertiary alicyclic amines) is 1. The molecule has 172 valence electrons. The summed E-state index contributed by atoms with van der Waals surface area (Å²) in [7, 11) is 0. The Kier molecular flexibility index (Phi) is 4.99. The van der Waals surface area contributed by atoms with Crippen LogP contribution in [0.3, 0.4) is 0 Å². The molecule has 9 heteroatoms. The second-order valence-corrected chi connectivity index (χ2v) is 9.64. The molecule has 0 N–H and O–H groups in total. The van der Waals surface area contributed by atoms with E-state index in [0.29, 0.717) is 42.1 Å². The maximum atomic E-state index is 13.1. The summed E-state index contributed by atoms with van der Waals surface area (Å²) in [4.78, 5) is 37.5. The van der Waals surface area contributed by atoms with E-state index in [-0.39, 0.29) is 12.0 Å². The van der Waals surface area contributed by atoms with Crippen LogP contribution in [0, 0.1) is 24.7 Å². The quantitative estimate of drug-likeness (QED) is 0.593. The average molecular weight is 448 g/mol. The number of carbonyl (C=O) groups excluding carboxylic acids is 1. The van der Waals surface area contributed by atoms with Gasteiger partial charge in [-0.15, -0.1) is 0 Å². The molecular weight excluding hydrogens is 418 g/mol. The van der Waals surface area contributed by atoms with Gasteiger partial charge in [0.05, 0.1) is 12.1 Å². The SMILES string of the molecule is CCn1c(-c2cnc(C)nc2)nc2c(OC3CCN(C(=O)C4CC5CCC4C5)C3)ncnc21. The highest BCUT2D eigenvalue weighted by Gasteiger charge is 2.45. The molecule has 0 aromatic carbocycles. The molecular formula is C24H29N7O2. The molecule has 1 amide bonds. The van der Waals surface area contributed by atoms with Gasteiger partial charge in [0.2, 0.25) is 11.8 Å². The fourth-order valence-electron chi connectivity index (χ4n) is 5.99. The van der Waals surface area contributed by atoms with Crippen LogP contribution in [0.15, 0.2) is 18.7 Å². The Bertz CT molecular complexity index is 1190. The van der Waals surface area contributed by atoms with Gasteiger partial charge in [0, 0.05) is 37.8 Å². The number of imidazole rings is 1. The minimum absolute atomic E-state index is 0.0800. The molecule has 33 heavy (non-hydrogen) atoms. The van der Waals surface area contributed by atoms with Gasteiger partial charge < -0.3 is 14.2 Å². The van der Waals surface area contributed by atoms with Gasteiger partial charge in [-0.2, -0.15) is 4.98 Å². The normalized spacial score (nSPS) is 26.4. The van der Waals surface area contributed by atoms with Crippen molar-refractivity contribution in [3.05, 3.63) is 24.5 Å². The molecule has 3 fully saturated rings. The first-order valence-electron chi connectivity index (χ1n) is 12.1. The lowest BCUT2D eigenvalue weighted by Gasteiger charge is -2.26. The van der Waals surface area contributed by atoms with Gasteiger partial charge in [-0.05, 0) is 44.9 Å². The lowest BCUT2D eigenvalue weighted by atomic mass is 9.88. The molecule has 2 bridgehead atoms. The van der Waals surface area contributed by atoms with Crippen LogP contribution in [0.4, 0.5) is 0 Å². The van der Waals surface area contributed by atoms with E-state index in [1.165, 1.54) is 25.6 Å². The summed E-state index contributed by atoms with van der Waals surface area (Å²) in [6.45, 7) is 5.98. The molecule has 1 saturated heterocycles. The van der Waals surface area contributed by atoms with Gasteiger partial charge in [-0.1, -0.05) is 6.42 Å². The summed E-state index contributed by atoms with van der Waals surface area (Å²) in [6, 6.07) is 0. The van der Waals surface area contributed by atoms with E-state index in [9.17, 15) is 4.79 Å². The van der Waals surface area contributed by atoms with Crippen LogP contribution in [0.5, 0.6) is 5.88 Å². The molecule has 4 heterocycles. The highest BCUT2D eigenvalue weighted by Crippen LogP contribution is 2.49. The van der Waals surface area contributed by atoms with Gasteiger partial charge in [0.1, 0.15) is 24.1 Å². The van der Waals surface area contributed by atoms with Crippen molar-refractivity contribution in [2.45, 2.75) is 58.6 Å². The van der Waals surface area contributed by atoms with Crippen LogP contribution in [0.2, 0.25) is 0 Å². The molecule has 4 atom stereocenters. The largest absolute Gasteiger partial charge is 0.471 e. The number of fused-ring (bicyclic) bond motifs is 3. The molecule has 2 aliphatic carbocycles. The van der Waals surface area contributed by atoms with Crippen molar-refractivity contribution in [2.24, 2.45) is 17.8 Å². The molecule has 9 nitrogen and oxygen atoms in total. The Hall–Kier alpha value is -3.10. The standard InChI is InChI=1S/C24H29N7O2/c1-3-31-21(17-10-25-14(2)26-11-17)29-20-22(31)27-13-28-23(20)33-18-6-7-30(12-18)24(32)19-9-15-4-5-16(19)8-15/h10-11,13,15-16,18-19H,3-9,12H2,1-2H3. The Labute approximate surface area is 192 Å². The Morgan fingerprint density at radius 3 is 2.70 bits per heavy atom. The lowest BCUT2D eigenvalue weighted by Crippen LogP contribution is -2.37. The molecule has 6 rings (SSSR count). The molecule has 3 aromatic rings. The third kappa shape index (κ3) is 3.54. The van der Waals surface area contributed by atoms with E-state index < -0.39 is 0 Å². The third-order valence-corrected chi connectivity index (χ3v) is 7.64. The summed E-state index contributed by atoms with van der Waals surface area (Å²) in [5.41, 5.74) is 2.19. The van der Waals surface area contributed by atoms with Crippen molar-refractivity contribution < 1.29 is 9.53 Å². The Morgan fingerprint density at radius 2 is 1.97 bits per heavy atom. The van der Waals surface area contributed by atoms with Crippen LogP contribution in [-0.4, -0.2) is 59.5 Å². The first kappa shape index (κ1) is 20.5. The number of ether oxygens (including phenoxy) is 1. The highest BCUT2D eigenvalue weighted by atomic mass is 16.5. The van der Waals surface area contributed by atoms with Gasteiger partial charge in [-0.25, -0.2) is 19.9 Å². The average Bonchev–Trinajstić information content (AvgIpc) is 3.62. The van der Waals surface area contributed by atoms with Crippen LogP contribution in [-0.2, 0) is 11.3 Å². The number of aryl methyl sites for hydroxylation is 2. The highest BCUT2D eigenvalue weighted by molar-refractivity contribution is 5.81. The molecule has 0 spiro atoms. The second-order valence-electron chi connectivity index (χ2n) is 9.64. The van der Waals surface area contributed by atoms with E-state index in [4.69, 9.17) is 9.72 Å². The maximum absolute atomic E-state index is 13.1. The van der Waals surface area contributed by atoms with Crippen LogP contribution < -0.4 is 4.74 Å². The zero-order valence-corrected chi connectivity index (χ0v) is 19.1. The number of hydrogen-bond donors (Lipinski definition) is 0. The number of amides is 1. The number of rotatable bonds is 5. The predicted molar refractivity (Wildman–Crippen MR) is 121 cm³/mol. The number of hydrogen-bond acceptors (Lipinski definition) is 7. The predicted octanol–water partition coefficient (Wildman–Crippen LogP) is 3.03. The summed E-state index contributed by atoms with van der Waals surface area (Å²) in [6.07, 6.45) is 10.7. The fraction of sp³-hybridized carbons (Fsp3) is 0.583. The van der Waals surface area contributed by atoms with Crippen molar-refractivity contribution in [3.63, 3.8) is 0 Å². The molecule has 0 radical (unpaired) electrons. The third-order valence-electron chi connectivity index (χ3n) is 7.64. The molecule has 3 aromatic heterocycles. The fourth-order valence-corrected chi connectivity index (χ4v) is 5.99. The van der Waals surface area contributed by atoms with Crippen molar-refractivity contribution in [1.82, 2.24) is 34.4 Å². The van der Waals surface area contributed by atoms with E-state index in [2.05, 4.69) is 26.9 Å². The number of aromatic nitrogens is 6. The van der Waals surface area contributed by atoms with E-state index in [1.807, 2.05) is 16.4 Å². The summed E-state index contributed by atoms with van der Waals surface area (Å²) >= 11 is 0. The summed E-state index contributed by atoms with van der Waals surface area (Å²) in [5, 5.41) is 0. The Balaban J connectivity index is 1.22. The van der Waals surface area contributed by atoms with E-state index in [0.717, 1.165) is 42.3 Å². The summed E-state index contributed by atoms with van der Waals surface area (Å²) in [5.74, 6) is 3.87. The zero-order chi connectivity index (χ0) is 22.5. The van der Waals surface area contributed by atoms with Crippen LogP contribution >= 0.6 is 0 Å². The monoisotopic (exact) mass is 447 g/mol. The Morgan fingerprint density at radius 1 is 1.12 bits per heavy atom. The number of nitrogens with zero attached hydrogens (tertiary/aromatic N) is 7. The van der Waals surface area contributed by atoms with Gasteiger partial charge in [0.15, 0.2) is 11.2 Å². The minimum atomic E-state index is -0.0800. The smallest absolute Gasteiger partial charge is 0.245 e. The minimum Gasteiger partial charge on any atom is -0.471 e. The van der Waals surface area contributed by atoms with Crippen molar-refractivity contribution in [3.8, 4) is 17.3 Å². The molecule has 2 saturated carbocycles. The van der Waals surface area contributed by atoms with Gasteiger partial charge >= 0.3 is 0 Å². The second kappa shape index (κ2) is 8.04. The molecule has 4 unspecified atom stereocenters. The number of carbonyl (C=O) groups is 1. The molecule has 3 aliphatic rings. The zero-order valence-electron chi connectivity index (χ0n) is 19.1. The van der Waals surface area contributed by atoms with Gasteiger partial charge in [0.25, 0.3) is 0 Å². The maximum Gasteiger partial charge on any atom is 0.245 e. The van der Waals surface area contributed by atoms with Crippen molar-refractivity contribution in [2.75, 3.05) is 13.1 Å². The van der Waals surface area contributed by atoms with Crippen molar-refractivity contribution in [1.29, 1.82) is 0 Å². The van der Waals surface area contributed by atoms with E-state index in [1.54, 1.807) is 12.4 Å². The van der Waals surface area contributed by atoms with Crippen LogP contribution in [0.25, 0.3) is 22.6 Å².